The smallest absolute Gasteiger partial charge is 0.0844 e. The monoisotopic (exact) mass is 254 g/mol. The molecular weight excluding hydrogens is 224 g/mol. The van der Waals surface area contributed by atoms with Gasteiger partial charge in [0.15, 0.2) is 0 Å². The largest absolute Gasteiger partial charge is 0.377 e. The van der Waals surface area contributed by atoms with Gasteiger partial charge in [-0.25, -0.2) is 0 Å². The summed E-state index contributed by atoms with van der Waals surface area (Å²) < 4.78 is 5.89. The van der Waals surface area contributed by atoms with E-state index in [1.165, 1.54) is 12.8 Å². The first-order valence-electron chi connectivity index (χ1n) is 7.12. The van der Waals surface area contributed by atoms with E-state index >= 15 is 0 Å². The van der Waals surface area contributed by atoms with Crippen molar-refractivity contribution in [3.8, 4) is 0 Å². The first-order chi connectivity index (χ1) is 8.49. The second-order valence-electron chi connectivity index (χ2n) is 6.37. The Morgan fingerprint density at radius 2 is 1.94 bits per heavy atom. The lowest BCUT2D eigenvalue weighted by Gasteiger charge is -2.47. The fourth-order valence-electron chi connectivity index (χ4n) is 3.01. The van der Waals surface area contributed by atoms with Gasteiger partial charge in [0.25, 0.3) is 0 Å². The third kappa shape index (κ3) is 3.81. The number of nitrogens with two attached hydrogens (primary N) is 1. The summed E-state index contributed by atoms with van der Waals surface area (Å²) in [5.41, 5.74) is 3.36. The number of nitrogens with one attached hydrogen (secondary N) is 1. The molecule has 0 aromatic carbocycles. The van der Waals surface area contributed by atoms with Crippen LogP contribution in [-0.2, 0) is 4.74 Å². The van der Waals surface area contributed by atoms with Gasteiger partial charge in [-0.05, 0) is 50.4 Å². The number of unbranched alkanes of at least 4 members (excludes halogenated alkanes) is 1. The van der Waals surface area contributed by atoms with E-state index in [1.807, 2.05) is 13.2 Å². The molecule has 1 saturated carbocycles. The Morgan fingerprint density at radius 1 is 1.33 bits per heavy atom. The van der Waals surface area contributed by atoms with Crippen LogP contribution in [0, 0.1) is 5.41 Å². The standard InChI is InChI=1S/C15H30N2O/c1-5-6-7-8-13(17-16)15(18-4)11-9-14(2,3)10-12-15/h5,13,17H,1,6-12,16H2,2-4H3. The second kappa shape index (κ2) is 6.69. The van der Waals surface area contributed by atoms with Crippen molar-refractivity contribution < 1.29 is 4.74 Å². The van der Waals surface area contributed by atoms with Crippen molar-refractivity contribution in [2.24, 2.45) is 11.3 Å². The summed E-state index contributed by atoms with van der Waals surface area (Å²) in [6, 6.07) is 0.249. The fraction of sp³-hybridized carbons (Fsp3) is 0.867. The predicted molar refractivity (Wildman–Crippen MR) is 77.1 cm³/mol. The summed E-state index contributed by atoms with van der Waals surface area (Å²) in [7, 11) is 1.83. The molecule has 1 atom stereocenters. The Labute approximate surface area is 112 Å². The maximum absolute atomic E-state index is 5.89. The molecule has 3 heteroatoms. The zero-order chi connectivity index (χ0) is 13.6. The van der Waals surface area contributed by atoms with Crippen LogP contribution in [0.25, 0.3) is 0 Å². The van der Waals surface area contributed by atoms with Crippen LogP contribution in [0.5, 0.6) is 0 Å². The highest BCUT2D eigenvalue weighted by molar-refractivity contribution is 4.98. The van der Waals surface area contributed by atoms with E-state index < -0.39 is 0 Å². The molecule has 1 aliphatic carbocycles. The first-order valence-corrected chi connectivity index (χ1v) is 7.12. The molecule has 0 heterocycles. The van der Waals surface area contributed by atoms with Crippen LogP contribution >= 0.6 is 0 Å². The lowest BCUT2D eigenvalue weighted by atomic mass is 9.68. The van der Waals surface area contributed by atoms with Gasteiger partial charge < -0.3 is 4.74 Å². The first kappa shape index (κ1) is 15.7. The minimum Gasteiger partial charge on any atom is -0.377 e. The summed E-state index contributed by atoms with van der Waals surface area (Å²) in [6.45, 7) is 8.45. The van der Waals surface area contributed by atoms with Crippen molar-refractivity contribution in [1.82, 2.24) is 5.43 Å². The number of rotatable bonds is 7. The molecule has 0 aromatic rings. The third-order valence-electron chi connectivity index (χ3n) is 4.59. The Balaban J connectivity index is 2.64. The van der Waals surface area contributed by atoms with E-state index in [9.17, 15) is 0 Å². The van der Waals surface area contributed by atoms with E-state index in [0.717, 1.165) is 32.1 Å². The number of hydrogen-bond donors (Lipinski definition) is 2. The molecule has 0 aromatic heterocycles. The summed E-state index contributed by atoms with van der Waals surface area (Å²) in [4.78, 5) is 0. The van der Waals surface area contributed by atoms with Gasteiger partial charge in [0.05, 0.1) is 11.6 Å². The van der Waals surface area contributed by atoms with Gasteiger partial charge in [-0.15, -0.1) is 6.58 Å². The normalized spacial score (nSPS) is 23.6. The Kier molecular flexibility index (Phi) is 5.83. The van der Waals surface area contributed by atoms with Crippen LogP contribution in [0.2, 0.25) is 0 Å². The van der Waals surface area contributed by atoms with Gasteiger partial charge in [-0.1, -0.05) is 19.9 Å². The molecule has 0 spiro atoms. The minimum absolute atomic E-state index is 0.0779. The molecule has 3 nitrogen and oxygen atoms in total. The van der Waals surface area contributed by atoms with E-state index in [0.29, 0.717) is 5.41 Å². The fourth-order valence-corrected chi connectivity index (χ4v) is 3.01. The van der Waals surface area contributed by atoms with Crippen molar-refractivity contribution in [2.75, 3.05) is 7.11 Å². The lowest BCUT2D eigenvalue weighted by Crippen LogP contribution is -2.56. The topological polar surface area (TPSA) is 47.3 Å². The molecule has 0 amide bonds. The third-order valence-corrected chi connectivity index (χ3v) is 4.59. The molecule has 18 heavy (non-hydrogen) atoms. The highest BCUT2D eigenvalue weighted by Gasteiger charge is 2.43. The maximum Gasteiger partial charge on any atom is 0.0844 e. The van der Waals surface area contributed by atoms with Gasteiger partial charge in [0.2, 0.25) is 0 Å². The molecular formula is C15H30N2O. The molecule has 1 aliphatic rings. The highest BCUT2D eigenvalue weighted by Crippen LogP contribution is 2.44. The van der Waals surface area contributed by atoms with Crippen molar-refractivity contribution in [2.45, 2.75) is 70.4 Å². The lowest BCUT2D eigenvalue weighted by molar-refractivity contribution is -0.0882. The van der Waals surface area contributed by atoms with E-state index in [1.54, 1.807) is 0 Å². The molecule has 0 aliphatic heterocycles. The average molecular weight is 254 g/mol. The van der Waals surface area contributed by atoms with Crippen LogP contribution in [0.4, 0.5) is 0 Å². The minimum atomic E-state index is -0.0779. The molecule has 1 unspecified atom stereocenters. The molecule has 0 radical (unpaired) electrons. The Bertz CT molecular complexity index is 253. The van der Waals surface area contributed by atoms with Crippen molar-refractivity contribution in [3.05, 3.63) is 12.7 Å². The van der Waals surface area contributed by atoms with Crippen LogP contribution in [-0.4, -0.2) is 18.8 Å². The number of ether oxygens (including phenoxy) is 1. The number of hydrogen-bond acceptors (Lipinski definition) is 3. The van der Waals surface area contributed by atoms with Crippen molar-refractivity contribution >= 4 is 0 Å². The summed E-state index contributed by atoms with van der Waals surface area (Å²) >= 11 is 0. The molecule has 1 fully saturated rings. The van der Waals surface area contributed by atoms with E-state index in [2.05, 4.69) is 25.9 Å². The molecule has 0 saturated heterocycles. The van der Waals surface area contributed by atoms with Crippen LogP contribution in [0.3, 0.4) is 0 Å². The zero-order valence-corrected chi connectivity index (χ0v) is 12.3. The van der Waals surface area contributed by atoms with Gasteiger partial charge in [-0.2, -0.15) is 0 Å². The van der Waals surface area contributed by atoms with Gasteiger partial charge in [0.1, 0.15) is 0 Å². The van der Waals surface area contributed by atoms with Crippen LogP contribution < -0.4 is 11.3 Å². The highest BCUT2D eigenvalue weighted by atomic mass is 16.5. The maximum atomic E-state index is 5.89. The van der Waals surface area contributed by atoms with Gasteiger partial charge >= 0.3 is 0 Å². The van der Waals surface area contributed by atoms with E-state index in [4.69, 9.17) is 10.6 Å². The van der Waals surface area contributed by atoms with Crippen LogP contribution in [0.15, 0.2) is 12.7 Å². The number of methoxy groups -OCH3 is 1. The Hall–Kier alpha value is -0.380. The molecule has 1 rings (SSSR count). The number of allylic oxidation sites excluding steroid dienone is 1. The molecule has 106 valence electrons. The number of hydrazine groups is 1. The second-order valence-corrected chi connectivity index (χ2v) is 6.37. The van der Waals surface area contributed by atoms with Gasteiger partial charge in [0, 0.05) is 7.11 Å². The summed E-state index contributed by atoms with van der Waals surface area (Å²) in [5.74, 6) is 5.76. The SMILES string of the molecule is C=CCCCC(NN)C1(OC)CCC(C)(C)CC1. The van der Waals surface area contributed by atoms with Crippen molar-refractivity contribution in [3.63, 3.8) is 0 Å². The van der Waals surface area contributed by atoms with Crippen LogP contribution in [0.1, 0.15) is 58.8 Å². The molecule has 0 bridgehead atoms. The quantitative estimate of drug-likeness (QED) is 0.317. The molecule has 3 N–H and O–H groups in total. The van der Waals surface area contributed by atoms with Gasteiger partial charge in [-0.3, -0.25) is 11.3 Å². The average Bonchev–Trinajstić information content (AvgIpc) is 2.36. The Morgan fingerprint density at radius 3 is 2.39 bits per heavy atom. The summed E-state index contributed by atoms with van der Waals surface area (Å²) in [6.07, 6.45) is 9.80. The van der Waals surface area contributed by atoms with E-state index in [-0.39, 0.29) is 11.6 Å². The predicted octanol–water partition coefficient (Wildman–Crippen LogP) is 3.16. The zero-order valence-electron chi connectivity index (χ0n) is 12.3. The van der Waals surface area contributed by atoms with Crippen molar-refractivity contribution in [1.29, 1.82) is 0 Å². The summed E-state index contributed by atoms with van der Waals surface area (Å²) in [5, 5.41) is 0.